The Morgan fingerprint density at radius 3 is 2.60 bits per heavy atom. The summed E-state index contributed by atoms with van der Waals surface area (Å²) in [5, 5.41) is 3.12. The lowest BCUT2D eigenvalue weighted by molar-refractivity contribution is -0.139. The minimum atomic E-state index is -0.451. The Balaban J connectivity index is 1.36. The van der Waals surface area contributed by atoms with Crippen molar-refractivity contribution in [1.29, 1.82) is 0 Å². The molecule has 2 atom stereocenters. The number of benzene rings is 2. The molecule has 0 spiro atoms. The summed E-state index contributed by atoms with van der Waals surface area (Å²) in [7, 11) is 0. The number of carbonyl (C=O) groups is 2. The van der Waals surface area contributed by atoms with Crippen LogP contribution in [0.3, 0.4) is 0 Å². The van der Waals surface area contributed by atoms with E-state index in [1.54, 1.807) is 42.5 Å². The summed E-state index contributed by atoms with van der Waals surface area (Å²) in [5.74, 6) is -0.376. The highest BCUT2D eigenvalue weighted by Crippen LogP contribution is 2.29. The van der Waals surface area contributed by atoms with E-state index in [4.69, 9.17) is 20.8 Å². The molecule has 1 N–H and O–H groups in total. The first-order valence-electron chi connectivity index (χ1n) is 11.4. The highest BCUT2D eigenvalue weighted by Gasteiger charge is 2.32. The Kier molecular flexibility index (Phi) is 7.73. The SMILES string of the molecule is C[C@@H]1CN(C(=O)COc2ccc(Cl)cc2NC(=O)c2ccco2)[C@@H](C)CN1Cc1ccc(F)cc1. The van der Waals surface area contributed by atoms with Crippen LogP contribution in [0.15, 0.2) is 65.3 Å². The normalized spacial score (nSPS) is 18.3. The fraction of sp³-hybridized carbons (Fsp3) is 0.308. The second-order valence-electron chi connectivity index (χ2n) is 8.66. The number of rotatable bonds is 7. The summed E-state index contributed by atoms with van der Waals surface area (Å²) in [6.45, 7) is 5.81. The molecule has 1 aliphatic rings. The number of carbonyl (C=O) groups excluding carboxylic acids is 2. The minimum absolute atomic E-state index is 0.0221. The first-order valence-corrected chi connectivity index (χ1v) is 11.7. The van der Waals surface area contributed by atoms with Gasteiger partial charge in [0, 0.05) is 36.7 Å². The van der Waals surface area contributed by atoms with Crippen molar-refractivity contribution in [2.75, 3.05) is 25.0 Å². The predicted octanol–water partition coefficient (Wildman–Crippen LogP) is 4.82. The number of nitrogens with zero attached hydrogens (tertiary/aromatic N) is 2. The van der Waals surface area contributed by atoms with E-state index in [1.807, 2.05) is 11.8 Å². The molecule has 1 fully saturated rings. The zero-order valence-corrected chi connectivity index (χ0v) is 20.3. The topological polar surface area (TPSA) is 75.0 Å². The summed E-state index contributed by atoms with van der Waals surface area (Å²) < 4.78 is 24.1. The van der Waals surface area contributed by atoms with Crippen molar-refractivity contribution in [3.05, 3.63) is 83.0 Å². The summed E-state index contributed by atoms with van der Waals surface area (Å²) in [6, 6.07) is 14.5. The van der Waals surface area contributed by atoms with Crippen molar-refractivity contribution in [1.82, 2.24) is 9.80 Å². The second-order valence-corrected chi connectivity index (χ2v) is 9.10. The van der Waals surface area contributed by atoms with Crippen molar-refractivity contribution in [2.45, 2.75) is 32.5 Å². The fourth-order valence-corrected chi connectivity index (χ4v) is 4.30. The Labute approximate surface area is 208 Å². The van der Waals surface area contributed by atoms with Crippen LogP contribution in [0.2, 0.25) is 5.02 Å². The van der Waals surface area contributed by atoms with Crippen LogP contribution in [0.5, 0.6) is 5.75 Å². The van der Waals surface area contributed by atoms with E-state index in [0.29, 0.717) is 36.1 Å². The lowest BCUT2D eigenvalue weighted by Gasteiger charge is -2.44. The second kappa shape index (κ2) is 10.9. The smallest absolute Gasteiger partial charge is 0.291 e. The molecule has 1 saturated heterocycles. The van der Waals surface area contributed by atoms with Crippen molar-refractivity contribution in [3.63, 3.8) is 0 Å². The molecule has 0 aliphatic carbocycles. The number of ether oxygens (including phenoxy) is 1. The number of hydrogen-bond acceptors (Lipinski definition) is 5. The standard InChI is InChI=1S/C26H27ClFN3O4/c1-17-14-31(18(2)13-30(17)15-19-5-8-21(28)9-6-19)25(32)16-35-23-10-7-20(27)12-22(23)29-26(33)24-4-3-11-34-24/h3-12,17-18H,13-16H2,1-2H3,(H,29,33)/t17-,18+/m1/s1. The number of nitrogens with one attached hydrogen (secondary N) is 1. The van der Waals surface area contributed by atoms with Gasteiger partial charge < -0.3 is 19.4 Å². The lowest BCUT2D eigenvalue weighted by Crippen LogP contribution is -2.58. The van der Waals surface area contributed by atoms with Gasteiger partial charge in [-0.05, 0) is 61.9 Å². The van der Waals surface area contributed by atoms with Crippen LogP contribution >= 0.6 is 11.6 Å². The first kappa shape index (κ1) is 24.8. The predicted molar refractivity (Wildman–Crippen MR) is 131 cm³/mol. The van der Waals surface area contributed by atoms with Crippen LogP contribution in [0.1, 0.15) is 30.0 Å². The monoisotopic (exact) mass is 499 g/mol. The highest BCUT2D eigenvalue weighted by molar-refractivity contribution is 6.31. The molecule has 35 heavy (non-hydrogen) atoms. The van der Waals surface area contributed by atoms with E-state index < -0.39 is 5.91 Å². The van der Waals surface area contributed by atoms with E-state index >= 15 is 0 Å². The summed E-state index contributed by atoms with van der Waals surface area (Å²) in [4.78, 5) is 29.5. The van der Waals surface area contributed by atoms with Gasteiger partial charge in [-0.25, -0.2) is 4.39 Å². The van der Waals surface area contributed by atoms with Crippen LogP contribution in [0.25, 0.3) is 0 Å². The molecule has 7 nitrogen and oxygen atoms in total. The molecule has 1 aromatic heterocycles. The number of halogens is 2. The molecule has 4 rings (SSSR count). The molecule has 1 aliphatic heterocycles. The number of furan rings is 1. The van der Waals surface area contributed by atoms with Crippen LogP contribution in [0, 0.1) is 5.82 Å². The number of hydrogen-bond donors (Lipinski definition) is 1. The zero-order chi connectivity index (χ0) is 24.9. The summed E-state index contributed by atoms with van der Waals surface area (Å²) >= 11 is 6.10. The summed E-state index contributed by atoms with van der Waals surface area (Å²) in [6.07, 6.45) is 1.41. The highest BCUT2D eigenvalue weighted by atomic mass is 35.5. The van der Waals surface area contributed by atoms with Crippen molar-refractivity contribution in [3.8, 4) is 5.75 Å². The van der Waals surface area contributed by atoms with Gasteiger partial charge in [0.25, 0.3) is 11.8 Å². The quantitative estimate of drug-likeness (QED) is 0.504. The number of piperazine rings is 1. The van der Waals surface area contributed by atoms with Gasteiger partial charge in [0.1, 0.15) is 11.6 Å². The van der Waals surface area contributed by atoms with E-state index in [2.05, 4.69) is 17.1 Å². The molecule has 0 radical (unpaired) electrons. The molecule has 0 bridgehead atoms. The van der Waals surface area contributed by atoms with Gasteiger partial charge >= 0.3 is 0 Å². The van der Waals surface area contributed by atoms with Gasteiger partial charge in [0.15, 0.2) is 12.4 Å². The fourth-order valence-electron chi connectivity index (χ4n) is 4.13. The molecule has 0 unspecified atom stereocenters. The lowest BCUT2D eigenvalue weighted by atomic mass is 10.1. The zero-order valence-electron chi connectivity index (χ0n) is 19.5. The molecule has 9 heteroatoms. The Hall–Kier alpha value is -3.36. The minimum Gasteiger partial charge on any atom is -0.482 e. The molecule has 2 heterocycles. The van der Waals surface area contributed by atoms with Crippen LogP contribution in [-0.2, 0) is 11.3 Å². The molecule has 2 aromatic carbocycles. The molecular weight excluding hydrogens is 473 g/mol. The maximum absolute atomic E-state index is 13.2. The van der Waals surface area contributed by atoms with Gasteiger partial charge in [-0.3, -0.25) is 14.5 Å². The average Bonchev–Trinajstić information content (AvgIpc) is 3.37. The van der Waals surface area contributed by atoms with Gasteiger partial charge in [-0.1, -0.05) is 23.7 Å². The van der Waals surface area contributed by atoms with Crippen molar-refractivity contribution in [2.24, 2.45) is 0 Å². The Bertz CT molecular complexity index is 1170. The number of anilines is 1. The third-order valence-electron chi connectivity index (χ3n) is 6.02. The van der Waals surface area contributed by atoms with Gasteiger partial charge in [0.2, 0.25) is 0 Å². The first-order chi connectivity index (χ1) is 16.8. The van der Waals surface area contributed by atoms with Gasteiger partial charge in [-0.2, -0.15) is 0 Å². The molecule has 0 saturated carbocycles. The van der Waals surface area contributed by atoms with E-state index in [-0.39, 0.29) is 36.2 Å². The van der Waals surface area contributed by atoms with E-state index in [1.165, 1.54) is 18.4 Å². The van der Waals surface area contributed by atoms with E-state index in [9.17, 15) is 14.0 Å². The van der Waals surface area contributed by atoms with Gasteiger partial charge in [0.05, 0.1) is 12.0 Å². The van der Waals surface area contributed by atoms with E-state index in [0.717, 1.165) is 5.56 Å². The van der Waals surface area contributed by atoms with Gasteiger partial charge in [-0.15, -0.1) is 0 Å². The van der Waals surface area contributed by atoms with Crippen LogP contribution < -0.4 is 10.1 Å². The molecule has 2 amide bonds. The Morgan fingerprint density at radius 2 is 1.89 bits per heavy atom. The van der Waals surface area contributed by atoms with Crippen molar-refractivity contribution >= 4 is 29.1 Å². The molecule has 3 aromatic rings. The third kappa shape index (κ3) is 6.21. The molecule has 184 valence electrons. The van der Waals surface area contributed by atoms with Crippen LogP contribution in [0.4, 0.5) is 10.1 Å². The Morgan fingerprint density at radius 1 is 1.11 bits per heavy atom. The van der Waals surface area contributed by atoms with Crippen molar-refractivity contribution < 1.29 is 23.1 Å². The maximum Gasteiger partial charge on any atom is 0.291 e. The third-order valence-corrected chi connectivity index (χ3v) is 6.26. The molecular formula is C26H27ClFN3O4. The maximum atomic E-state index is 13.2. The largest absolute Gasteiger partial charge is 0.482 e. The average molecular weight is 500 g/mol. The summed E-state index contributed by atoms with van der Waals surface area (Å²) in [5.41, 5.74) is 1.37. The van der Waals surface area contributed by atoms with Crippen LogP contribution in [-0.4, -0.2) is 53.4 Å². The number of amides is 2.